The average Bonchev–Trinajstić information content (AvgIpc) is 2.61. The van der Waals surface area contributed by atoms with Gasteiger partial charge in [0.1, 0.15) is 0 Å². The van der Waals surface area contributed by atoms with Crippen LogP contribution in [0.1, 0.15) is 20.8 Å². The molecule has 1 aromatic rings. The maximum absolute atomic E-state index is 4.40. The number of hydrogen-bond donors (Lipinski definition) is 0. The van der Waals surface area contributed by atoms with Crippen LogP contribution < -0.4 is 4.90 Å². The highest BCUT2D eigenvalue weighted by Gasteiger charge is 2.14. The van der Waals surface area contributed by atoms with Gasteiger partial charge in [0.25, 0.3) is 0 Å². The molecule has 80 valence electrons. The molecule has 3 nitrogen and oxygen atoms in total. The van der Waals surface area contributed by atoms with Crippen LogP contribution in [0, 0.1) is 0 Å². The third-order valence-corrected chi connectivity index (χ3v) is 2.59. The minimum Gasteiger partial charge on any atom is -0.339 e. The first kappa shape index (κ1) is 11.6. The summed E-state index contributed by atoms with van der Waals surface area (Å²) in [6, 6.07) is 0.486. The van der Waals surface area contributed by atoms with Gasteiger partial charge in [0, 0.05) is 36.9 Å². The van der Waals surface area contributed by atoms with E-state index in [1.807, 2.05) is 12.4 Å². The fourth-order valence-electron chi connectivity index (χ4n) is 1.49. The van der Waals surface area contributed by atoms with Gasteiger partial charge in [-0.3, -0.25) is 0 Å². The van der Waals surface area contributed by atoms with E-state index in [0.29, 0.717) is 6.04 Å². The molecule has 4 heteroatoms. The van der Waals surface area contributed by atoms with E-state index in [0.717, 1.165) is 24.4 Å². The molecule has 0 atom stereocenters. The van der Waals surface area contributed by atoms with Crippen molar-refractivity contribution in [2.24, 2.45) is 0 Å². The molecule has 1 aromatic heterocycles. The molecule has 0 aliphatic carbocycles. The SMILES string of the molecule is CCn1ccnc1N(CCBr)C(C)C. The highest BCUT2D eigenvalue weighted by molar-refractivity contribution is 9.09. The van der Waals surface area contributed by atoms with Crippen molar-refractivity contribution in [3.63, 3.8) is 0 Å². The van der Waals surface area contributed by atoms with Gasteiger partial charge in [-0.2, -0.15) is 0 Å². The van der Waals surface area contributed by atoms with Crippen LogP contribution in [0.5, 0.6) is 0 Å². The van der Waals surface area contributed by atoms with Gasteiger partial charge in [-0.05, 0) is 20.8 Å². The van der Waals surface area contributed by atoms with Crippen molar-refractivity contribution < 1.29 is 0 Å². The summed E-state index contributed by atoms with van der Waals surface area (Å²) in [5, 5.41) is 0.974. The minimum absolute atomic E-state index is 0.486. The molecule has 1 heterocycles. The summed E-state index contributed by atoms with van der Waals surface area (Å²) in [5.74, 6) is 1.07. The molecular weight excluding hydrogens is 242 g/mol. The smallest absolute Gasteiger partial charge is 0.205 e. The maximum atomic E-state index is 4.40. The number of imidazole rings is 1. The summed E-state index contributed by atoms with van der Waals surface area (Å²) >= 11 is 3.47. The predicted molar refractivity (Wildman–Crippen MR) is 64.2 cm³/mol. The van der Waals surface area contributed by atoms with Crippen LogP contribution in [0.25, 0.3) is 0 Å². The first-order valence-corrected chi connectivity index (χ1v) is 6.16. The lowest BCUT2D eigenvalue weighted by molar-refractivity contribution is 0.645. The lowest BCUT2D eigenvalue weighted by Gasteiger charge is -2.27. The Morgan fingerprint density at radius 1 is 1.57 bits per heavy atom. The Morgan fingerprint density at radius 2 is 2.29 bits per heavy atom. The van der Waals surface area contributed by atoms with E-state index in [4.69, 9.17) is 0 Å². The van der Waals surface area contributed by atoms with Crippen LogP contribution >= 0.6 is 15.9 Å². The van der Waals surface area contributed by atoms with Crippen LogP contribution in [-0.4, -0.2) is 27.5 Å². The molecule has 0 saturated carbocycles. The first-order chi connectivity index (χ1) is 6.70. The third-order valence-electron chi connectivity index (χ3n) is 2.24. The zero-order valence-electron chi connectivity index (χ0n) is 9.07. The number of aryl methyl sites for hydroxylation is 1. The molecular formula is C10H18BrN3. The van der Waals surface area contributed by atoms with Crippen LogP contribution in [0.3, 0.4) is 0 Å². The van der Waals surface area contributed by atoms with E-state index in [9.17, 15) is 0 Å². The van der Waals surface area contributed by atoms with Crippen LogP contribution in [0.2, 0.25) is 0 Å². The van der Waals surface area contributed by atoms with Crippen molar-refractivity contribution in [2.45, 2.75) is 33.4 Å². The molecule has 0 aliphatic heterocycles. The first-order valence-electron chi connectivity index (χ1n) is 5.04. The normalized spacial score (nSPS) is 10.9. The number of anilines is 1. The van der Waals surface area contributed by atoms with Crippen LogP contribution in [0.15, 0.2) is 12.4 Å². The van der Waals surface area contributed by atoms with Crippen LogP contribution in [-0.2, 0) is 6.54 Å². The zero-order valence-corrected chi connectivity index (χ0v) is 10.7. The van der Waals surface area contributed by atoms with Gasteiger partial charge in [0.05, 0.1) is 0 Å². The Labute approximate surface area is 94.3 Å². The molecule has 0 fully saturated rings. The number of rotatable bonds is 5. The minimum atomic E-state index is 0.486. The van der Waals surface area contributed by atoms with Gasteiger partial charge in [-0.15, -0.1) is 0 Å². The Balaban J connectivity index is 2.86. The summed E-state index contributed by atoms with van der Waals surface area (Å²) in [4.78, 5) is 6.70. The summed E-state index contributed by atoms with van der Waals surface area (Å²) in [7, 11) is 0. The maximum Gasteiger partial charge on any atom is 0.205 e. The molecule has 0 saturated heterocycles. The lowest BCUT2D eigenvalue weighted by Crippen LogP contribution is -2.34. The van der Waals surface area contributed by atoms with Crippen LogP contribution in [0.4, 0.5) is 5.95 Å². The molecule has 0 aromatic carbocycles. The molecule has 0 aliphatic rings. The molecule has 0 radical (unpaired) electrons. The number of hydrogen-bond acceptors (Lipinski definition) is 2. The lowest BCUT2D eigenvalue weighted by atomic mass is 10.3. The number of aromatic nitrogens is 2. The average molecular weight is 260 g/mol. The van der Waals surface area contributed by atoms with Gasteiger partial charge in [0.15, 0.2) is 0 Å². The van der Waals surface area contributed by atoms with E-state index >= 15 is 0 Å². The number of alkyl halides is 1. The summed E-state index contributed by atoms with van der Waals surface area (Å²) in [5.41, 5.74) is 0. The summed E-state index contributed by atoms with van der Waals surface area (Å²) in [6.45, 7) is 8.49. The Kier molecular flexibility index (Phi) is 4.45. The predicted octanol–water partition coefficient (Wildman–Crippen LogP) is 2.51. The second-order valence-electron chi connectivity index (χ2n) is 3.49. The molecule has 1 rings (SSSR count). The van der Waals surface area contributed by atoms with Crippen molar-refractivity contribution in [1.29, 1.82) is 0 Å². The summed E-state index contributed by atoms with van der Waals surface area (Å²) < 4.78 is 2.17. The molecule has 0 bridgehead atoms. The van der Waals surface area contributed by atoms with Crippen molar-refractivity contribution in [3.05, 3.63) is 12.4 Å². The Bertz CT molecular complexity index is 270. The van der Waals surface area contributed by atoms with Crippen molar-refractivity contribution in [3.8, 4) is 0 Å². The second-order valence-corrected chi connectivity index (χ2v) is 4.28. The highest BCUT2D eigenvalue weighted by atomic mass is 79.9. The molecule has 14 heavy (non-hydrogen) atoms. The zero-order chi connectivity index (χ0) is 10.6. The fraction of sp³-hybridized carbons (Fsp3) is 0.700. The Hall–Kier alpha value is -0.510. The standard InChI is InChI=1S/C10H18BrN3/c1-4-13-8-6-12-10(13)14(7-5-11)9(2)3/h6,8-9H,4-5,7H2,1-3H3. The molecule has 0 N–H and O–H groups in total. The van der Waals surface area contributed by atoms with Gasteiger partial charge < -0.3 is 9.47 Å². The van der Waals surface area contributed by atoms with Gasteiger partial charge in [-0.25, -0.2) is 4.98 Å². The van der Waals surface area contributed by atoms with Crippen molar-refractivity contribution >= 4 is 21.9 Å². The quantitative estimate of drug-likeness (QED) is 0.758. The van der Waals surface area contributed by atoms with E-state index in [-0.39, 0.29) is 0 Å². The number of nitrogens with zero attached hydrogens (tertiary/aromatic N) is 3. The van der Waals surface area contributed by atoms with Gasteiger partial charge >= 0.3 is 0 Å². The highest BCUT2D eigenvalue weighted by Crippen LogP contribution is 2.14. The van der Waals surface area contributed by atoms with E-state index in [1.54, 1.807) is 0 Å². The Morgan fingerprint density at radius 3 is 2.79 bits per heavy atom. The van der Waals surface area contributed by atoms with Crippen molar-refractivity contribution in [2.75, 3.05) is 16.8 Å². The summed E-state index contributed by atoms with van der Waals surface area (Å²) in [6.07, 6.45) is 3.89. The number of halogens is 1. The molecule has 0 amide bonds. The monoisotopic (exact) mass is 259 g/mol. The third kappa shape index (κ3) is 2.50. The second kappa shape index (κ2) is 5.39. The molecule has 0 unspecified atom stereocenters. The topological polar surface area (TPSA) is 21.1 Å². The van der Waals surface area contributed by atoms with Gasteiger partial charge in [-0.1, -0.05) is 15.9 Å². The van der Waals surface area contributed by atoms with E-state index in [1.165, 1.54) is 0 Å². The fourth-order valence-corrected chi connectivity index (χ4v) is 1.87. The van der Waals surface area contributed by atoms with E-state index in [2.05, 4.69) is 51.2 Å². The molecule has 0 spiro atoms. The largest absolute Gasteiger partial charge is 0.339 e. The van der Waals surface area contributed by atoms with Crippen molar-refractivity contribution in [1.82, 2.24) is 9.55 Å². The van der Waals surface area contributed by atoms with Gasteiger partial charge in [0.2, 0.25) is 5.95 Å². The van der Waals surface area contributed by atoms with E-state index < -0.39 is 0 Å².